The van der Waals surface area contributed by atoms with E-state index in [0.29, 0.717) is 22.4 Å². The third kappa shape index (κ3) is 2.36. The van der Waals surface area contributed by atoms with Gasteiger partial charge < -0.3 is 4.42 Å². The monoisotopic (exact) mass is 315 g/mol. The second-order valence-electron chi connectivity index (χ2n) is 4.90. The fourth-order valence-corrected chi connectivity index (χ4v) is 2.23. The van der Waals surface area contributed by atoms with Crippen molar-refractivity contribution in [2.75, 3.05) is 0 Å². The van der Waals surface area contributed by atoms with Crippen LogP contribution in [0.5, 0.6) is 0 Å². The van der Waals surface area contributed by atoms with E-state index in [4.69, 9.17) is 4.42 Å². The van der Waals surface area contributed by atoms with E-state index in [9.17, 15) is 13.2 Å². The van der Waals surface area contributed by atoms with Crippen molar-refractivity contribution in [2.24, 2.45) is 0 Å². The molecule has 0 radical (unpaired) electrons. The highest BCUT2D eigenvalue weighted by molar-refractivity contribution is 5.75. The minimum atomic E-state index is -0.961. The van der Waals surface area contributed by atoms with Crippen LogP contribution >= 0.6 is 0 Å². The second kappa shape index (κ2) is 4.98. The van der Waals surface area contributed by atoms with Crippen molar-refractivity contribution >= 4 is 11.1 Å². The molecule has 0 spiro atoms. The number of halogens is 3. The van der Waals surface area contributed by atoms with Crippen molar-refractivity contribution in [3.05, 3.63) is 66.2 Å². The number of aromatic nitrogens is 3. The van der Waals surface area contributed by atoms with Gasteiger partial charge in [0.15, 0.2) is 17.2 Å². The van der Waals surface area contributed by atoms with E-state index in [2.05, 4.69) is 10.1 Å². The molecular weight excluding hydrogens is 307 g/mol. The highest BCUT2D eigenvalue weighted by atomic mass is 19.2. The van der Waals surface area contributed by atoms with Crippen molar-refractivity contribution in [1.29, 1.82) is 0 Å². The van der Waals surface area contributed by atoms with Crippen LogP contribution in [0, 0.1) is 17.5 Å². The predicted molar refractivity (Wildman–Crippen MR) is 76.4 cm³/mol. The van der Waals surface area contributed by atoms with Gasteiger partial charge >= 0.3 is 0 Å². The maximum Gasteiger partial charge on any atom is 0.230 e. The Bertz CT molecular complexity index is 1020. The van der Waals surface area contributed by atoms with Crippen LogP contribution < -0.4 is 0 Å². The molecule has 0 amide bonds. The molecule has 0 aliphatic carbocycles. The van der Waals surface area contributed by atoms with E-state index in [0.717, 1.165) is 12.1 Å². The average Bonchev–Trinajstić information content (AvgIpc) is 3.15. The lowest BCUT2D eigenvalue weighted by molar-refractivity contribution is 0.507. The number of oxazole rings is 1. The van der Waals surface area contributed by atoms with Gasteiger partial charge in [-0.05, 0) is 24.3 Å². The summed E-state index contributed by atoms with van der Waals surface area (Å²) in [6, 6.07) is 7.49. The normalized spacial score (nSPS) is 11.3. The molecule has 2 aromatic carbocycles. The SMILES string of the molecule is Fc1ccc2oc(-c3cnn(-c4ccc(F)c(F)c4)c3)nc2c1. The Labute approximate surface area is 127 Å². The maximum absolute atomic E-state index is 13.3. The summed E-state index contributed by atoms with van der Waals surface area (Å²) in [5, 5.41) is 4.07. The molecule has 0 bridgehead atoms. The molecule has 2 heterocycles. The predicted octanol–water partition coefficient (Wildman–Crippen LogP) is 4.10. The molecule has 4 aromatic rings. The van der Waals surface area contributed by atoms with Crippen LogP contribution in [0.15, 0.2) is 53.2 Å². The summed E-state index contributed by atoms with van der Waals surface area (Å²) >= 11 is 0. The first-order valence-corrected chi connectivity index (χ1v) is 6.67. The number of nitrogens with zero attached hydrogens (tertiary/aromatic N) is 3. The molecule has 23 heavy (non-hydrogen) atoms. The summed E-state index contributed by atoms with van der Waals surface area (Å²) in [7, 11) is 0. The summed E-state index contributed by atoms with van der Waals surface area (Å²) in [4.78, 5) is 4.19. The second-order valence-corrected chi connectivity index (χ2v) is 4.90. The molecular formula is C16H8F3N3O. The third-order valence-corrected chi connectivity index (χ3v) is 3.35. The summed E-state index contributed by atoms with van der Waals surface area (Å²) < 4.78 is 46.3. The van der Waals surface area contributed by atoms with Crippen LogP contribution in [-0.2, 0) is 0 Å². The fraction of sp³-hybridized carbons (Fsp3) is 0. The van der Waals surface area contributed by atoms with Crippen molar-refractivity contribution in [2.45, 2.75) is 0 Å². The van der Waals surface area contributed by atoms with Gasteiger partial charge in [-0.25, -0.2) is 22.8 Å². The Balaban J connectivity index is 1.75. The van der Waals surface area contributed by atoms with Crippen LogP contribution in [0.25, 0.3) is 28.2 Å². The van der Waals surface area contributed by atoms with Crippen LogP contribution in [0.2, 0.25) is 0 Å². The van der Waals surface area contributed by atoms with Gasteiger partial charge in [-0.15, -0.1) is 0 Å². The minimum absolute atomic E-state index is 0.263. The maximum atomic E-state index is 13.3. The molecule has 0 N–H and O–H groups in total. The molecule has 0 saturated carbocycles. The summed E-state index contributed by atoms with van der Waals surface area (Å²) in [6.45, 7) is 0. The standard InChI is InChI=1S/C16H8F3N3O/c17-10-1-4-15-14(5-10)21-16(23-15)9-7-20-22(8-9)11-2-3-12(18)13(19)6-11/h1-8H. The first-order valence-electron chi connectivity index (χ1n) is 6.67. The topological polar surface area (TPSA) is 43.9 Å². The number of hydrogen-bond acceptors (Lipinski definition) is 3. The minimum Gasteiger partial charge on any atom is -0.436 e. The number of benzene rings is 2. The Morgan fingerprint density at radius 1 is 0.957 bits per heavy atom. The van der Waals surface area contributed by atoms with Gasteiger partial charge in [0.05, 0.1) is 17.4 Å². The van der Waals surface area contributed by atoms with Crippen molar-refractivity contribution in [1.82, 2.24) is 14.8 Å². The van der Waals surface area contributed by atoms with E-state index in [1.807, 2.05) is 0 Å². The van der Waals surface area contributed by atoms with Crippen molar-refractivity contribution < 1.29 is 17.6 Å². The molecule has 0 aliphatic rings. The van der Waals surface area contributed by atoms with Gasteiger partial charge in [0.1, 0.15) is 11.3 Å². The van der Waals surface area contributed by atoms with E-state index in [-0.39, 0.29) is 5.89 Å². The number of hydrogen-bond donors (Lipinski definition) is 0. The van der Waals surface area contributed by atoms with Gasteiger partial charge in [-0.2, -0.15) is 5.10 Å². The Morgan fingerprint density at radius 3 is 2.65 bits per heavy atom. The molecule has 4 rings (SSSR count). The third-order valence-electron chi connectivity index (χ3n) is 3.35. The van der Waals surface area contributed by atoms with E-state index >= 15 is 0 Å². The molecule has 0 saturated heterocycles. The molecule has 0 atom stereocenters. The number of fused-ring (bicyclic) bond motifs is 1. The lowest BCUT2D eigenvalue weighted by atomic mass is 10.3. The van der Waals surface area contributed by atoms with Gasteiger partial charge in [0.25, 0.3) is 0 Å². The molecule has 0 unspecified atom stereocenters. The zero-order valence-corrected chi connectivity index (χ0v) is 11.5. The van der Waals surface area contributed by atoms with E-state index in [1.165, 1.54) is 35.1 Å². The van der Waals surface area contributed by atoms with Crippen molar-refractivity contribution in [3.63, 3.8) is 0 Å². The molecule has 7 heteroatoms. The first-order chi connectivity index (χ1) is 11.1. The quantitative estimate of drug-likeness (QED) is 0.559. The number of rotatable bonds is 2. The average molecular weight is 315 g/mol. The van der Waals surface area contributed by atoms with Gasteiger partial charge in [-0.1, -0.05) is 0 Å². The fourth-order valence-electron chi connectivity index (χ4n) is 2.23. The first kappa shape index (κ1) is 13.6. The molecule has 4 nitrogen and oxygen atoms in total. The zero-order valence-electron chi connectivity index (χ0n) is 11.5. The van der Waals surface area contributed by atoms with E-state index in [1.54, 1.807) is 6.20 Å². The highest BCUT2D eigenvalue weighted by Crippen LogP contribution is 2.25. The summed E-state index contributed by atoms with van der Waals surface area (Å²) in [6.07, 6.45) is 3.04. The molecule has 2 aromatic heterocycles. The van der Waals surface area contributed by atoms with Gasteiger partial charge in [0.2, 0.25) is 5.89 Å². The summed E-state index contributed by atoms with van der Waals surface area (Å²) in [5.41, 5.74) is 1.73. The van der Waals surface area contributed by atoms with Crippen molar-refractivity contribution in [3.8, 4) is 17.1 Å². The van der Waals surface area contributed by atoms with Crippen LogP contribution in [-0.4, -0.2) is 14.8 Å². The Morgan fingerprint density at radius 2 is 1.83 bits per heavy atom. The van der Waals surface area contributed by atoms with Gasteiger partial charge in [-0.3, -0.25) is 0 Å². The largest absolute Gasteiger partial charge is 0.436 e. The zero-order chi connectivity index (χ0) is 16.0. The molecule has 0 fully saturated rings. The van der Waals surface area contributed by atoms with Gasteiger partial charge in [0, 0.05) is 18.3 Å². The molecule has 114 valence electrons. The van der Waals surface area contributed by atoms with Crippen LogP contribution in [0.4, 0.5) is 13.2 Å². The van der Waals surface area contributed by atoms with Crippen LogP contribution in [0.1, 0.15) is 0 Å². The smallest absolute Gasteiger partial charge is 0.230 e. The lowest BCUT2D eigenvalue weighted by Crippen LogP contribution is -1.96. The highest BCUT2D eigenvalue weighted by Gasteiger charge is 2.12. The molecule has 0 aliphatic heterocycles. The summed E-state index contributed by atoms with van der Waals surface area (Å²) in [5.74, 6) is -2.03. The Kier molecular flexibility index (Phi) is 2.94. The van der Waals surface area contributed by atoms with E-state index < -0.39 is 17.5 Å². The van der Waals surface area contributed by atoms with Crippen LogP contribution in [0.3, 0.4) is 0 Å². The lowest BCUT2D eigenvalue weighted by Gasteiger charge is -2.01. The Hall–Kier alpha value is -3.09.